The molecule has 0 amide bonds. The molecular formula is C14H21NOS. The van der Waals surface area contributed by atoms with Crippen LogP contribution in [0.15, 0.2) is 29.2 Å². The number of thioether (sulfide) groups is 1. The van der Waals surface area contributed by atoms with Crippen molar-refractivity contribution in [2.24, 2.45) is 0 Å². The van der Waals surface area contributed by atoms with E-state index in [1.165, 1.54) is 36.1 Å². The lowest BCUT2D eigenvalue weighted by Gasteiger charge is -2.21. The first-order valence-electron chi connectivity index (χ1n) is 6.34. The maximum absolute atomic E-state index is 9.50. The van der Waals surface area contributed by atoms with E-state index in [1.54, 1.807) is 11.8 Å². The van der Waals surface area contributed by atoms with Crippen molar-refractivity contribution < 1.29 is 5.11 Å². The lowest BCUT2D eigenvalue weighted by molar-refractivity contribution is 0.233. The summed E-state index contributed by atoms with van der Waals surface area (Å²) in [6, 6.07) is 9.17. The molecule has 0 spiro atoms. The minimum Gasteiger partial charge on any atom is -0.394 e. The normalized spacial score (nSPS) is 18.5. The number of aliphatic hydroxyl groups excluding tert-OH is 1. The smallest absolute Gasteiger partial charge is 0.0626 e. The third kappa shape index (κ3) is 3.47. The van der Waals surface area contributed by atoms with Crippen LogP contribution >= 0.6 is 11.8 Å². The maximum Gasteiger partial charge on any atom is 0.0626 e. The molecular weight excluding hydrogens is 230 g/mol. The van der Waals surface area contributed by atoms with Crippen molar-refractivity contribution in [1.82, 2.24) is 5.32 Å². The van der Waals surface area contributed by atoms with Gasteiger partial charge in [0.15, 0.2) is 0 Å². The third-order valence-corrected chi connectivity index (χ3v) is 4.24. The summed E-state index contributed by atoms with van der Waals surface area (Å²) in [5, 5.41) is 13.1. The predicted octanol–water partition coefficient (Wildman–Crippen LogP) is 2.97. The summed E-state index contributed by atoms with van der Waals surface area (Å²) in [5.41, 5.74) is 1.19. The Hall–Kier alpha value is -0.510. The Kier molecular flexibility index (Phi) is 4.89. The second-order valence-electron chi connectivity index (χ2n) is 4.66. The van der Waals surface area contributed by atoms with Gasteiger partial charge in [0.25, 0.3) is 0 Å². The standard InChI is InChI=1S/C14H21NOS/c1-17-13-8-6-11(7-9-13)14(10-16)15-12-4-2-3-5-12/h6-9,12,14-16H,2-5,10H2,1H3. The lowest BCUT2D eigenvalue weighted by atomic mass is 10.1. The number of nitrogens with one attached hydrogen (secondary N) is 1. The van der Waals surface area contributed by atoms with Crippen LogP contribution in [0.2, 0.25) is 0 Å². The number of rotatable bonds is 5. The molecule has 1 aliphatic rings. The van der Waals surface area contributed by atoms with Gasteiger partial charge in [0.05, 0.1) is 12.6 Å². The van der Waals surface area contributed by atoms with Gasteiger partial charge in [-0.3, -0.25) is 0 Å². The highest BCUT2D eigenvalue weighted by Crippen LogP contribution is 2.23. The minimum atomic E-state index is 0.0917. The first-order chi connectivity index (χ1) is 8.33. The van der Waals surface area contributed by atoms with E-state index in [1.807, 2.05) is 0 Å². The van der Waals surface area contributed by atoms with E-state index in [9.17, 15) is 5.11 Å². The summed E-state index contributed by atoms with van der Waals surface area (Å²) in [6.07, 6.45) is 7.22. The van der Waals surface area contributed by atoms with Crippen LogP contribution < -0.4 is 5.32 Å². The highest BCUT2D eigenvalue weighted by Gasteiger charge is 2.19. The van der Waals surface area contributed by atoms with Gasteiger partial charge >= 0.3 is 0 Å². The molecule has 1 saturated carbocycles. The van der Waals surface area contributed by atoms with Gasteiger partial charge < -0.3 is 10.4 Å². The molecule has 1 aliphatic carbocycles. The van der Waals surface area contributed by atoms with Gasteiger partial charge in [-0.2, -0.15) is 0 Å². The fourth-order valence-corrected chi connectivity index (χ4v) is 2.88. The molecule has 1 unspecified atom stereocenters. The molecule has 3 heteroatoms. The Balaban J connectivity index is 2.00. The second kappa shape index (κ2) is 6.43. The average Bonchev–Trinajstić information content (AvgIpc) is 2.89. The van der Waals surface area contributed by atoms with E-state index in [0.717, 1.165) is 0 Å². The number of hydrogen-bond donors (Lipinski definition) is 2. The van der Waals surface area contributed by atoms with Crippen molar-refractivity contribution in [3.8, 4) is 0 Å². The zero-order valence-corrected chi connectivity index (χ0v) is 11.2. The molecule has 2 nitrogen and oxygen atoms in total. The van der Waals surface area contributed by atoms with Gasteiger partial charge in [0, 0.05) is 10.9 Å². The second-order valence-corrected chi connectivity index (χ2v) is 5.54. The first-order valence-corrected chi connectivity index (χ1v) is 7.57. The number of hydrogen-bond acceptors (Lipinski definition) is 3. The molecule has 0 bridgehead atoms. The number of aliphatic hydroxyl groups is 1. The Morgan fingerprint density at radius 1 is 1.29 bits per heavy atom. The topological polar surface area (TPSA) is 32.3 Å². The van der Waals surface area contributed by atoms with Crippen molar-refractivity contribution in [3.05, 3.63) is 29.8 Å². The Morgan fingerprint density at radius 3 is 2.47 bits per heavy atom. The van der Waals surface area contributed by atoms with Crippen LogP contribution in [0.25, 0.3) is 0 Å². The third-order valence-electron chi connectivity index (χ3n) is 3.49. The molecule has 0 aliphatic heterocycles. The van der Waals surface area contributed by atoms with E-state index in [-0.39, 0.29) is 12.6 Å². The maximum atomic E-state index is 9.50. The summed E-state index contributed by atoms with van der Waals surface area (Å²) in [5.74, 6) is 0. The van der Waals surface area contributed by atoms with E-state index in [2.05, 4.69) is 35.8 Å². The van der Waals surface area contributed by atoms with Crippen molar-refractivity contribution in [2.75, 3.05) is 12.9 Å². The van der Waals surface area contributed by atoms with Gasteiger partial charge in [0.2, 0.25) is 0 Å². The molecule has 0 heterocycles. The zero-order valence-electron chi connectivity index (χ0n) is 10.4. The monoisotopic (exact) mass is 251 g/mol. The Labute approximate surface area is 108 Å². The number of benzene rings is 1. The van der Waals surface area contributed by atoms with E-state index >= 15 is 0 Å². The highest BCUT2D eigenvalue weighted by atomic mass is 32.2. The lowest BCUT2D eigenvalue weighted by Crippen LogP contribution is -2.32. The molecule has 2 rings (SSSR count). The van der Waals surface area contributed by atoms with Crippen molar-refractivity contribution >= 4 is 11.8 Å². The van der Waals surface area contributed by atoms with Crippen LogP contribution in [0.4, 0.5) is 0 Å². The molecule has 1 aromatic rings. The quantitative estimate of drug-likeness (QED) is 0.789. The van der Waals surface area contributed by atoms with Gasteiger partial charge in [-0.1, -0.05) is 25.0 Å². The van der Waals surface area contributed by atoms with Gasteiger partial charge in [-0.05, 0) is 36.8 Å². The minimum absolute atomic E-state index is 0.0917. The predicted molar refractivity (Wildman–Crippen MR) is 73.4 cm³/mol. The van der Waals surface area contributed by atoms with Gasteiger partial charge in [0.1, 0.15) is 0 Å². The van der Waals surface area contributed by atoms with E-state index < -0.39 is 0 Å². The Morgan fingerprint density at radius 2 is 1.94 bits per heavy atom. The summed E-state index contributed by atoms with van der Waals surface area (Å²) in [4.78, 5) is 1.27. The van der Waals surface area contributed by atoms with E-state index in [4.69, 9.17) is 0 Å². The fraction of sp³-hybridized carbons (Fsp3) is 0.571. The van der Waals surface area contributed by atoms with Crippen molar-refractivity contribution in [1.29, 1.82) is 0 Å². The SMILES string of the molecule is CSc1ccc(C(CO)NC2CCCC2)cc1. The molecule has 1 fully saturated rings. The van der Waals surface area contributed by atoms with Crippen LogP contribution in [0, 0.1) is 0 Å². The molecule has 0 saturated heterocycles. The summed E-state index contributed by atoms with van der Waals surface area (Å²) < 4.78 is 0. The van der Waals surface area contributed by atoms with Crippen molar-refractivity contribution in [3.63, 3.8) is 0 Å². The molecule has 2 N–H and O–H groups in total. The first kappa shape index (κ1) is 12.9. The molecule has 1 aromatic carbocycles. The highest BCUT2D eigenvalue weighted by molar-refractivity contribution is 7.98. The molecule has 0 radical (unpaired) electrons. The molecule has 17 heavy (non-hydrogen) atoms. The Bertz CT molecular complexity index is 333. The van der Waals surface area contributed by atoms with Crippen LogP contribution in [-0.4, -0.2) is 24.0 Å². The van der Waals surface area contributed by atoms with Crippen LogP contribution in [-0.2, 0) is 0 Å². The van der Waals surface area contributed by atoms with Crippen LogP contribution in [0.3, 0.4) is 0 Å². The van der Waals surface area contributed by atoms with E-state index in [0.29, 0.717) is 6.04 Å². The summed E-state index contributed by atoms with van der Waals surface area (Å²) >= 11 is 1.75. The van der Waals surface area contributed by atoms with Crippen molar-refractivity contribution in [2.45, 2.75) is 42.7 Å². The molecule has 1 atom stereocenters. The zero-order chi connectivity index (χ0) is 12.1. The molecule has 0 aromatic heterocycles. The van der Waals surface area contributed by atoms with Gasteiger partial charge in [-0.25, -0.2) is 0 Å². The summed E-state index contributed by atoms with van der Waals surface area (Å²) in [7, 11) is 0. The summed E-state index contributed by atoms with van der Waals surface area (Å²) in [6.45, 7) is 0.176. The van der Waals surface area contributed by atoms with Crippen LogP contribution in [0.1, 0.15) is 37.3 Å². The fourth-order valence-electron chi connectivity index (χ4n) is 2.47. The van der Waals surface area contributed by atoms with Gasteiger partial charge in [-0.15, -0.1) is 11.8 Å². The average molecular weight is 251 g/mol. The largest absolute Gasteiger partial charge is 0.394 e. The molecule has 94 valence electrons. The van der Waals surface area contributed by atoms with Crippen LogP contribution in [0.5, 0.6) is 0 Å².